The molecule has 0 spiro atoms. The Morgan fingerprint density at radius 1 is 0.744 bits per heavy atom. The summed E-state index contributed by atoms with van der Waals surface area (Å²) in [6, 6.07) is 41.8. The number of aromatic nitrogens is 4. The average molecular weight is 736 g/mol. The molecule has 210 valence electrons. The molecule has 0 N–H and O–H groups in total. The van der Waals surface area contributed by atoms with Crippen LogP contribution < -0.4 is 4.98 Å². The van der Waals surface area contributed by atoms with Crippen LogP contribution in [-0.2, 0) is 27.5 Å². The fourth-order valence-electron chi connectivity index (χ4n) is 6.24. The van der Waals surface area contributed by atoms with Gasteiger partial charge in [0.15, 0.2) is 0 Å². The molecule has 0 atom stereocenters. The maximum absolute atomic E-state index is 5.25. The van der Waals surface area contributed by atoms with Gasteiger partial charge in [0.1, 0.15) is 5.65 Å². The molecule has 4 heterocycles. The van der Waals surface area contributed by atoms with E-state index in [0.29, 0.717) is 5.92 Å². The molecule has 0 aliphatic carbocycles. The molecule has 0 saturated heterocycles. The Morgan fingerprint density at radius 2 is 1.49 bits per heavy atom. The van der Waals surface area contributed by atoms with E-state index in [0.717, 1.165) is 67.6 Å². The molecule has 0 unspecified atom stereocenters. The number of fused-ring (bicyclic) bond motifs is 6. The minimum atomic E-state index is 0. The fraction of sp³-hybridized carbons (Fsp3) is 0.105. The predicted octanol–water partition coefficient (Wildman–Crippen LogP) is 9.17. The topological polar surface area (TPSA) is 44.8 Å². The molecule has 4 aromatic heterocycles. The second-order valence-electron chi connectivity index (χ2n) is 11.4. The van der Waals surface area contributed by atoms with Gasteiger partial charge in [-0.25, -0.2) is 4.98 Å². The van der Waals surface area contributed by atoms with Crippen LogP contribution in [0, 0.1) is 12.0 Å². The summed E-state index contributed by atoms with van der Waals surface area (Å²) in [5.74, 6) is 0.516. The van der Waals surface area contributed by atoms with Gasteiger partial charge in [0.05, 0.1) is 11.2 Å². The molecule has 0 fully saturated rings. The van der Waals surface area contributed by atoms with E-state index in [9.17, 15) is 0 Å². The molecule has 0 amide bonds. The predicted molar refractivity (Wildman–Crippen MR) is 173 cm³/mol. The van der Waals surface area contributed by atoms with E-state index >= 15 is 0 Å². The van der Waals surface area contributed by atoms with Crippen molar-refractivity contribution in [3.05, 3.63) is 127 Å². The molecular weight excluding hydrogens is 708 g/mol. The summed E-state index contributed by atoms with van der Waals surface area (Å²) >= 11 is 0. The smallest absolute Gasteiger partial charge is 0.656 e. The van der Waals surface area contributed by atoms with Gasteiger partial charge in [0, 0.05) is 17.0 Å². The Balaban J connectivity index is 0.00000300. The van der Waals surface area contributed by atoms with Crippen LogP contribution in [0.5, 0.6) is 0 Å². The number of hydrogen-bond donors (Lipinski definition) is 0. The van der Waals surface area contributed by atoms with Crippen LogP contribution in [0.4, 0.5) is 0 Å². The van der Waals surface area contributed by atoms with Gasteiger partial charge in [-0.15, -0.1) is 40.9 Å². The van der Waals surface area contributed by atoms with Crippen molar-refractivity contribution in [2.45, 2.75) is 20.3 Å². The Morgan fingerprint density at radius 3 is 2.37 bits per heavy atom. The van der Waals surface area contributed by atoms with Gasteiger partial charge in [0.25, 0.3) is 0 Å². The number of benzene rings is 4. The van der Waals surface area contributed by atoms with Gasteiger partial charge in [-0.3, -0.25) is 4.98 Å². The number of pyridine rings is 2. The number of rotatable bonds is 5. The van der Waals surface area contributed by atoms with Crippen molar-refractivity contribution >= 4 is 43.7 Å². The first-order chi connectivity index (χ1) is 20.6. The summed E-state index contributed by atoms with van der Waals surface area (Å²) in [5, 5.41) is 4.65. The van der Waals surface area contributed by atoms with Crippen molar-refractivity contribution in [3.63, 3.8) is 0 Å². The van der Waals surface area contributed by atoms with E-state index in [1.807, 2.05) is 18.3 Å². The summed E-state index contributed by atoms with van der Waals surface area (Å²) in [6.07, 6.45) is 2.82. The Hall–Kier alpha value is -4.53. The van der Waals surface area contributed by atoms with Crippen molar-refractivity contribution < 1.29 is 21.1 Å². The molecule has 4 nitrogen and oxygen atoms in total. The van der Waals surface area contributed by atoms with Gasteiger partial charge in [-0.05, 0) is 64.3 Å². The summed E-state index contributed by atoms with van der Waals surface area (Å²) in [7, 11) is 0. The first-order valence-electron chi connectivity index (χ1n) is 14.5. The first kappa shape index (κ1) is 27.3. The van der Waals surface area contributed by atoms with Gasteiger partial charge in [-0.1, -0.05) is 86.1 Å². The van der Waals surface area contributed by atoms with E-state index in [2.05, 4.69) is 122 Å². The van der Waals surface area contributed by atoms with Crippen molar-refractivity contribution in [1.29, 1.82) is 0 Å². The molecule has 0 aliphatic heterocycles. The molecule has 8 aromatic rings. The van der Waals surface area contributed by atoms with E-state index in [1.54, 1.807) is 0 Å². The maximum Gasteiger partial charge on any atom is 2.00 e. The minimum Gasteiger partial charge on any atom is -0.656 e. The molecule has 4 aromatic carbocycles. The summed E-state index contributed by atoms with van der Waals surface area (Å²) in [5.41, 5.74) is 10.1. The van der Waals surface area contributed by atoms with Crippen molar-refractivity contribution in [2.75, 3.05) is 0 Å². The molecular formula is C38H28N4Pt. The van der Waals surface area contributed by atoms with Crippen LogP contribution in [0.2, 0.25) is 0 Å². The van der Waals surface area contributed by atoms with Gasteiger partial charge >= 0.3 is 21.1 Å². The second kappa shape index (κ2) is 10.9. The molecule has 43 heavy (non-hydrogen) atoms. The zero-order valence-corrected chi connectivity index (χ0v) is 26.1. The monoisotopic (exact) mass is 735 g/mol. The minimum absolute atomic E-state index is 0. The Kier molecular flexibility index (Phi) is 6.95. The molecule has 0 aliphatic rings. The quantitative estimate of drug-likeness (QED) is 0.166. The molecule has 5 heteroatoms. The van der Waals surface area contributed by atoms with Gasteiger partial charge < -0.3 is 9.55 Å². The summed E-state index contributed by atoms with van der Waals surface area (Å²) in [4.78, 5) is 15.0. The van der Waals surface area contributed by atoms with E-state index in [1.165, 1.54) is 16.3 Å². The van der Waals surface area contributed by atoms with Crippen LogP contribution in [0.15, 0.2) is 115 Å². The van der Waals surface area contributed by atoms with Crippen LogP contribution in [0.25, 0.3) is 71.9 Å². The van der Waals surface area contributed by atoms with Gasteiger partial charge in [-0.2, -0.15) is 0 Å². The number of para-hydroxylation sites is 3. The molecule has 0 radical (unpaired) electrons. The number of hydrogen-bond acceptors (Lipinski definition) is 2. The molecule has 0 saturated carbocycles. The van der Waals surface area contributed by atoms with E-state index < -0.39 is 0 Å². The molecule has 0 bridgehead atoms. The maximum atomic E-state index is 5.25. The van der Waals surface area contributed by atoms with E-state index in [-0.39, 0.29) is 21.1 Å². The van der Waals surface area contributed by atoms with Crippen LogP contribution >= 0.6 is 0 Å². The molecule has 8 rings (SSSR count). The zero-order valence-electron chi connectivity index (χ0n) is 23.9. The third-order valence-electron chi connectivity index (χ3n) is 8.00. The van der Waals surface area contributed by atoms with Crippen molar-refractivity contribution in [1.82, 2.24) is 19.5 Å². The first-order valence-corrected chi connectivity index (χ1v) is 14.5. The largest absolute Gasteiger partial charge is 2.00 e. The zero-order chi connectivity index (χ0) is 28.2. The fourth-order valence-corrected chi connectivity index (χ4v) is 6.24. The average Bonchev–Trinajstić information content (AvgIpc) is 3.57. The van der Waals surface area contributed by atoms with Crippen molar-refractivity contribution in [3.8, 4) is 28.2 Å². The van der Waals surface area contributed by atoms with Gasteiger partial charge in [0.2, 0.25) is 0 Å². The SMILES string of the molecule is CC(C)Cc1cc(-c2[c-]c(-n3c4ccccc4c4cccnc43)ccc2)nc(-c2cccc3c2[n-]c2ccccc23)c1.[Pt+2]. The van der Waals surface area contributed by atoms with Crippen LogP contribution in [0.3, 0.4) is 0 Å². The third-order valence-corrected chi connectivity index (χ3v) is 8.00. The third kappa shape index (κ3) is 4.67. The Labute approximate surface area is 264 Å². The summed E-state index contributed by atoms with van der Waals surface area (Å²) < 4.78 is 2.20. The van der Waals surface area contributed by atoms with Crippen LogP contribution in [-0.4, -0.2) is 14.5 Å². The number of nitrogens with zero attached hydrogens (tertiary/aromatic N) is 4. The van der Waals surface area contributed by atoms with Crippen LogP contribution in [0.1, 0.15) is 19.4 Å². The summed E-state index contributed by atoms with van der Waals surface area (Å²) in [6.45, 7) is 4.52. The Bertz CT molecular complexity index is 2220. The van der Waals surface area contributed by atoms with E-state index in [4.69, 9.17) is 15.0 Å². The van der Waals surface area contributed by atoms with Crippen molar-refractivity contribution in [2.24, 2.45) is 5.92 Å². The standard InChI is InChI=1S/C38H28N4.Pt/c1-24(2)20-25-21-34(40-35(22-25)32-15-8-14-30-28-12-3-5-17-33(28)41-37(30)32)26-10-7-11-27(23-26)42-36-18-6-4-13-29(36)31-16-9-19-39-38(31)42;/h3-19,21-22,24H,20H2,1-2H3;/q-2;+2. The normalized spacial score (nSPS) is 11.6. The second-order valence-corrected chi connectivity index (χ2v) is 11.4.